The van der Waals surface area contributed by atoms with Gasteiger partial charge in [-0.25, -0.2) is 0 Å². The fourth-order valence-corrected chi connectivity index (χ4v) is 3.23. The van der Waals surface area contributed by atoms with Gasteiger partial charge in [0.15, 0.2) is 0 Å². The molecule has 1 fully saturated rings. The van der Waals surface area contributed by atoms with Crippen molar-refractivity contribution in [3.05, 3.63) is 33.8 Å². The average molecular weight is 357 g/mol. The molecule has 1 aliphatic heterocycles. The van der Waals surface area contributed by atoms with Crippen LogP contribution in [0.2, 0.25) is 10.0 Å². The number of benzene rings is 1. The molecule has 0 spiro atoms. The number of piperidine rings is 1. The number of carbonyl (C=O) groups excluding carboxylic acids is 2. The Morgan fingerprint density at radius 2 is 2.04 bits per heavy atom. The zero-order valence-corrected chi connectivity index (χ0v) is 15.0. The molecule has 0 N–H and O–H groups in total. The van der Waals surface area contributed by atoms with Gasteiger partial charge in [0.2, 0.25) is 5.91 Å². The Morgan fingerprint density at radius 1 is 1.30 bits per heavy atom. The molecule has 0 radical (unpaired) electrons. The topological polar surface area (TPSA) is 40.6 Å². The molecule has 1 atom stereocenters. The van der Waals surface area contributed by atoms with Crippen molar-refractivity contribution in [1.82, 2.24) is 9.80 Å². The number of carbonyl (C=O) groups is 2. The molecule has 2 rings (SSSR count). The number of hydrogen-bond acceptors (Lipinski definition) is 2. The Bertz CT molecular complexity index is 592. The molecular formula is C17H22Cl2N2O2. The molecule has 0 aliphatic carbocycles. The van der Waals surface area contributed by atoms with Crippen LogP contribution in [0.25, 0.3) is 0 Å². The van der Waals surface area contributed by atoms with Crippen molar-refractivity contribution in [2.45, 2.75) is 26.2 Å². The quantitative estimate of drug-likeness (QED) is 0.824. The molecule has 23 heavy (non-hydrogen) atoms. The molecule has 2 amide bonds. The maximum Gasteiger partial charge on any atom is 0.253 e. The number of rotatable bonds is 4. The van der Waals surface area contributed by atoms with Crippen molar-refractivity contribution < 1.29 is 9.59 Å². The van der Waals surface area contributed by atoms with Crippen LogP contribution in [-0.2, 0) is 4.79 Å². The third-order valence-electron chi connectivity index (χ3n) is 4.16. The van der Waals surface area contributed by atoms with E-state index in [9.17, 15) is 9.59 Å². The molecule has 1 unspecified atom stereocenters. The summed E-state index contributed by atoms with van der Waals surface area (Å²) < 4.78 is 0. The average Bonchev–Trinajstić information content (AvgIpc) is 2.56. The van der Waals surface area contributed by atoms with E-state index in [0.717, 1.165) is 25.8 Å². The number of likely N-dealkylation sites (tertiary alicyclic amines) is 1. The Hall–Kier alpha value is -1.26. The molecule has 1 saturated heterocycles. The Labute approximate surface area is 147 Å². The minimum Gasteiger partial charge on any atom is -0.345 e. The van der Waals surface area contributed by atoms with Crippen LogP contribution in [-0.4, -0.2) is 48.3 Å². The first-order valence-electron chi connectivity index (χ1n) is 7.93. The fraction of sp³-hybridized carbons (Fsp3) is 0.529. The van der Waals surface area contributed by atoms with Gasteiger partial charge in [0.05, 0.1) is 16.0 Å². The summed E-state index contributed by atoms with van der Waals surface area (Å²) in [5.41, 5.74) is 0.509. The zero-order valence-electron chi connectivity index (χ0n) is 13.5. The van der Waals surface area contributed by atoms with Crippen molar-refractivity contribution >= 4 is 35.0 Å². The summed E-state index contributed by atoms with van der Waals surface area (Å²) in [7, 11) is 1.82. The lowest BCUT2D eigenvalue weighted by atomic mass is 9.96. The minimum absolute atomic E-state index is 0.0980. The highest BCUT2D eigenvalue weighted by atomic mass is 35.5. The number of halogens is 2. The van der Waals surface area contributed by atoms with Gasteiger partial charge in [0.1, 0.15) is 0 Å². The van der Waals surface area contributed by atoms with E-state index < -0.39 is 0 Å². The van der Waals surface area contributed by atoms with Gasteiger partial charge >= 0.3 is 0 Å². The normalized spacial score (nSPS) is 17.9. The summed E-state index contributed by atoms with van der Waals surface area (Å²) in [5, 5.41) is 0.793. The molecule has 1 heterocycles. The van der Waals surface area contributed by atoms with Crippen LogP contribution in [0.1, 0.15) is 36.5 Å². The van der Waals surface area contributed by atoms with E-state index in [1.54, 1.807) is 28.0 Å². The maximum absolute atomic E-state index is 12.6. The predicted octanol–water partition coefficient (Wildman–Crippen LogP) is 3.71. The van der Waals surface area contributed by atoms with E-state index in [-0.39, 0.29) is 17.7 Å². The smallest absolute Gasteiger partial charge is 0.253 e. The summed E-state index contributed by atoms with van der Waals surface area (Å²) in [5.74, 6) is -0.0929. The van der Waals surface area contributed by atoms with Gasteiger partial charge in [-0.15, -0.1) is 0 Å². The molecule has 1 aromatic rings. The van der Waals surface area contributed by atoms with Gasteiger partial charge in [-0.1, -0.05) is 30.1 Å². The van der Waals surface area contributed by atoms with Crippen LogP contribution in [0.15, 0.2) is 18.2 Å². The molecule has 6 heteroatoms. The Kier molecular flexibility index (Phi) is 6.31. The third-order valence-corrected chi connectivity index (χ3v) is 4.90. The van der Waals surface area contributed by atoms with Gasteiger partial charge in [-0.2, -0.15) is 0 Å². The van der Waals surface area contributed by atoms with Crippen LogP contribution in [0.4, 0.5) is 0 Å². The largest absolute Gasteiger partial charge is 0.345 e. The summed E-state index contributed by atoms with van der Waals surface area (Å²) >= 11 is 11.9. The van der Waals surface area contributed by atoms with E-state index in [0.29, 0.717) is 28.7 Å². The first kappa shape index (κ1) is 18.1. The van der Waals surface area contributed by atoms with Gasteiger partial charge in [0, 0.05) is 32.2 Å². The zero-order chi connectivity index (χ0) is 17.0. The van der Waals surface area contributed by atoms with Crippen LogP contribution < -0.4 is 0 Å². The maximum atomic E-state index is 12.6. The van der Waals surface area contributed by atoms with Crippen molar-refractivity contribution in [3.8, 4) is 0 Å². The number of amides is 2. The highest BCUT2D eigenvalue weighted by molar-refractivity contribution is 6.42. The first-order chi connectivity index (χ1) is 10.9. The molecule has 126 valence electrons. The Morgan fingerprint density at radius 3 is 2.70 bits per heavy atom. The molecule has 4 nitrogen and oxygen atoms in total. The molecule has 0 saturated carbocycles. The van der Waals surface area contributed by atoms with E-state index in [2.05, 4.69) is 0 Å². The van der Waals surface area contributed by atoms with Crippen LogP contribution in [0.5, 0.6) is 0 Å². The monoisotopic (exact) mass is 356 g/mol. The van der Waals surface area contributed by atoms with Crippen LogP contribution in [0, 0.1) is 5.92 Å². The molecule has 1 aromatic carbocycles. The number of hydrogen-bond donors (Lipinski definition) is 0. The van der Waals surface area contributed by atoms with Crippen LogP contribution in [0.3, 0.4) is 0 Å². The third kappa shape index (κ3) is 4.39. The van der Waals surface area contributed by atoms with E-state index in [1.165, 1.54) is 0 Å². The second kappa shape index (κ2) is 8.02. The minimum atomic E-state index is -0.118. The van der Waals surface area contributed by atoms with Crippen molar-refractivity contribution in [1.29, 1.82) is 0 Å². The summed E-state index contributed by atoms with van der Waals surface area (Å²) in [4.78, 5) is 28.6. The lowest BCUT2D eigenvalue weighted by Gasteiger charge is -2.34. The van der Waals surface area contributed by atoms with Crippen molar-refractivity contribution in [2.75, 3.05) is 26.7 Å². The van der Waals surface area contributed by atoms with E-state index in [4.69, 9.17) is 23.2 Å². The summed E-state index contributed by atoms with van der Waals surface area (Å²) in [6.45, 7) is 3.92. The molecular weight excluding hydrogens is 335 g/mol. The Balaban J connectivity index is 2.06. The molecule has 0 aromatic heterocycles. The first-order valence-corrected chi connectivity index (χ1v) is 8.69. The second-order valence-electron chi connectivity index (χ2n) is 5.98. The molecule has 0 bridgehead atoms. The van der Waals surface area contributed by atoms with Gasteiger partial charge < -0.3 is 9.80 Å². The lowest BCUT2D eigenvalue weighted by Crippen LogP contribution is -2.46. The number of nitrogens with zero attached hydrogens (tertiary/aromatic N) is 2. The van der Waals surface area contributed by atoms with Gasteiger partial charge in [-0.05, 0) is 37.5 Å². The standard InChI is InChI=1S/C17H22Cl2N2O2/c1-3-8-20(2)16(22)13-5-4-9-21(11-13)17(23)12-6-7-14(18)15(19)10-12/h6-7,10,13H,3-5,8-9,11H2,1-2H3. The van der Waals surface area contributed by atoms with Gasteiger partial charge in [-0.3, -0.25) is 9.59 Å². The van der Waals surface area contributed by atoms with E-state index >= 15 is 0 Å². The second-order valence-corrected chi connectivity index (χ2v) is 6.79. The lowest BCUT2D eigenvalue weighted by molar-refractivity contribution is -0.135. The highest BCUT2D eigenvalue weighted by Gasteiger charge is 2.30. The summed E-state index contributed by atoms with van der Waals surface area (Å²) in [6.07, 6.45) is 2.60. The highest BCUT2D eigenvalue weighted by Crippen LogP contribution is 2.25. The van der Waals surface area contributed by atoms with Crippen molar-refractivity contribution in [3.63, 3.8) is 0 Å². The van der Waals surface area contributed by atoms with Crippen molar-refractivity contribution in [2.24, 2.45) is 5.92 Å². The summed E-state index contributed by atoms with van der Waals surface area (Å²) in [6, 6.07) is 4.88. The van der Waals surface area contributed by atoms with Gasteiger partial charge in [0.25, 0.3) is 5.91 Å². The van der Waals surface area contributed by atoms with Crippen LogP contribution >= 0.6 is 23.2 Å². The fourth-order valence-electron chi connectivity index (χ4n) is 2.93. The van der Waals surface area contributed by atoms with E-state index in [1.807, 2.05) is 14.0 Å². The predicted molar refractivity (Wildman–Crippen MR) is 93.0 cm³/mol. The molecule has 1 aliphatic rings. The SMILES string of the molecule is CCCN(C)C(=O)C1CCCN(C(=O)c2ccc(Cl)c(Cl)c2)C1.